The van der Waals surface area contributed by atoms with Crippen LogP contribution < -0.4 is 5.32 Å². The Hall–Kier alpha value is -2.63. The molecule has 1 atom stereocenters. The van der Waals surface area contributed by atoms with E-state index in [9.17, 15) is 13.2 Å². The summed E-state index contributed by atoms with van der Waals surface area (Å²) in [6, 6.07) is 7.50. The number of carbonyl (C=O) groups is 1. The Balaban J connectivity index is 1.49. The molecule has 1 aromatic carbocycles. The van der Waals surface area contributed by atoms with Gasteiger partial charge >= 0.3 is 0 Å². The quantitative estimate of drug-likeness (QED) is 0.604. The number of carbonyl (C=O) groups excluding carboxylic acids is 1. The van der Waals surface area contributed by atoms with Gasteiger partial charge in [-0.25, -0.2) is 8.42 Å². The van der Waals surface area contributed by atoms with Gasteiger partial charge in [0.15, 0.2) is 0 Å². The van der Waals surface area contributed by atoms with Gasteiger partial charge in [0.05, 0.1) is 11.4 Å². The zero-order chi connectivity index (χ0) is 22.2. The highest BCUT2D eigenvalue weighted by Crippen LogP contribution is 2.33. The molecule has 11 heteroatoms. The van der Waals surface area contributed by atoms with E-state index in [4.69, 9.17) is 0 Å². The van der Waals surface area contributed by atoms with Crippen molar-refractivity contribution < 1.29 is 13.2 Å². The molecule has 2 aromatic heterocycles. The van der Waals surface area contributed by atoms with Crippen molar-refractivity contribution in [2.75, 3.05) is 18.4 Å². The summed E-state index contributed by atoms with van der Waals surface area (Å²) in [5.41, 5.74) is 2.79. The number of rotatable bonds is 5. The van der Waals surface area contributed by atoms with Gasteiger partial charge in [-0.3, -0.25) is 9.89 Å². The van der Waals surface area contributed by atoms with Crippen molar-refractivity contribution >= 4 is 33.0 Å². The number of anilines is 1. The van der Waals surface area contributed by atoms with Gasteiger partial charge in [-0.1, -0.05) is 29.0 Å². The Morgan fingerprint density at radius 3 is 2.61 bits per heavy atom. The van der Waals surface area contributed by atoms with E-state index in [-0.39, 0.29) is 21.7 Å². The van der Waals surface area contributed by atoms with E-state index >= 15 is 0 Å². The van der Waals surface area contributed by atoms with Gasteiger partial charge in [-0.05, 0) is 45.7 Å². The summed E-state index contributed by atoms with van der Waals surface area (Å²) in [6.07, 6.45) is 1.51. The van der Waals surface area contributed by atoms with Crippen LogP contribution in [-0.4, -0.2) is 52.1 Å². The number of aryl methyl sites for hydroxylation is 3. The van der Waals surface area contributed by atoms with Gasteiger partial charge in [0.2, 0.25) is 15.0 Å². The Labute approximate surface area is 185 Å². The van der Waals surface area contributed by atoms with Crippen molar-refractivity contribution in [3.05, 3.63) is 51.2 Å². The number of hydrogen-bond donors (Lipinski definition) is 2. The first kappa shape index (κ1) is 21.6. The molecule has 31 heavy (non-hydrogen) atoms. The molecular weight excluding hydrogens is 436 g/mol. The van der Waals surface area contributed by atoms with Crippen molar-refractivity contribution in [1.82, 2.24) is 24.7 Å². The van der Waals surface area contributed by atoms with E-state index in [0.29, 0.717) is 41.6 Å². The second-order valence-corrected chi connectivity index (χ2v) is 10.6. The number of aromatic nitrogens is 4. The molecule has 0 aliphatic carbocycles. The lowest BCUT2D eigenvalue weighted by atomic mass is 10.0. The number of hydrogen-bond acceptors (Lipinski definition) is 7. The third-order valence-electron chi connectivity index (χ3n) is 5.34. The highest BCUT2D eigenvalue weighted by Gasteiger charge is 2.35. The zero-order valence-corrected chi connectivity index (χ0v) is 19.2. The van der Waals surface area contributed by atoms with Crippen molar-refractivity contribution in [3.8, 4) is 0 Å². The maximum atomic E-state index is 13.2. The SMILES string of the molecule is Cc1ccc(NC(=O)c2nnc([C@H]3CCCN(S(=O)(=O)c4c(C)n[nH]c4C)C3)s2)cc1. The van der Waals surface area contributed by atoms with Gasteiger partial charge in [-0.15, -0.1) is 10.2 Å². The minimum absolute atomic E-state index is 0.102. The number of nitrogens with one attached hydrogen (secondary N) is 2. The number of nitrogens with zero attached hydrogens (tertiary/aromatic N) is 4. The van der Waals surface area contributed by atoms with Gasteiger partial charge in [-0.2, -0.15) is 9.40 Å². The van der Waals surface area contributed by atoms with E-state index in [2.05, 4.69) is 25.7 Å². The summed E-state index contributed by atoms with van der Waals surface area (Å²) < 4.78 is 27.8. The molecule has 0 saturated carbocycles. The van der Waals surface area contributed by atoms with Crippen LogP contribution in [0, 0.1) is 20.8 Å². The first-order chi connectivity index (χ1) is 14.8. The molecule has 1 amide bonds. The molecule has 4 rings (SSSR count). The van der Waals surface area contributed by atoms with Crippen molar-refractivity contribution in [1.29, 1.82) is 0 Å². The van der Waals surface area contributed by atoms with Gasteiger partial charge in [0.25, 0.3) is 5.91 Å². The first-order valence-electron chi connectivity index (χ1n) is 9.99. The first-order valence-corrected chi connectivity index (χ1v) is 12.2. The third-order valence-corrected chi connectivity index (χ3v) is 8.55. The van der Waals surface area contributed by atoms with Crippen LogP contribution >= 0.6 is 11.3 Å². The lowest BCUT2D eigenvalue weighted by Crippen LogP contribution is -2.39. The molecule has 0 radical (unpaired) electrons. The fourth-order valence-electron chi connectivity index (χ4n) is 3.72. The minimum atomic E-state index is -3.66. The fraction of sp³-hybridized carbons (Fsp3) is 0.400. The molecule has 3 aromatic rings. The van der Waals surface area contributed by atoms with Gasteiger partial charge < -0.3 is 5.32 Å². The number of piperidine rings is 1. The lowest BCUT2D eigenvalue weighted by Gasteiger charge is -2.30. The molecule has 3 heterocycles. The normalized spacial score (nSPS) is 17.6. The van der Waals surface area contributed by atoms with Crippen LogP contribution in [0.15, 0.2) is 29.2 Å². The van der Waals surface area contributed by atoms with E-state index in [1.807, 2.05) is 31.2 Å². The molecule has 2 N–H and O–H groups in total. The summed E-state index contributed by atoms with van der Waals surface area (Å²) in [5, 5.41) is 18.8. The number of aromatic amines is 1. The van der Waals surface area contributed by atoms with Crippen LogP contribution in [0.2, 0.25) is 0 Å². The predicted molar refractivity (Wildman–Crippen MR) is 118 cm³/mol. The monoisotopic (exact) mass is 460 g/mol. The molecule has 0 spiro atoms. The predicted octanol–water partition coefficient (Wildman–Crippen LogP) is 3.01. The summed E-state index contributed by atoms with van der Waals surface area (Å²) in [6.45, 7) is 6.12. The van der Waals surface area contributed by atoms with Crippen molar-refractivity contribution in [3.63, 3.8) is 0 Å². The summed E-state index contributed by atoms with van der Waals surface area (Å²) in [5.74, 6) is -0.424. The second kappa shape index (κ2) is 8.48. The highest BCUT2D eigenvalue weighted by molar-refractivity contribution is 7.89. The topological polar surface area (TPSA) is 121 Å². The zero-order valence-electron chi connectivity index (χ0n) is 17.5. The largest absolute Gasteiger partial charge is 0.320 e. The number of amides is 1. The Bertz CT molecular complexity index is 1180. The van der Waals surface area contributed by atoms with E-state index in [1.54, 1.807) is 13.8 Å². The molecule has 1 saturated heterocycles. The maximum absolute atomic E-state index is 13.2. The molecule has 9 nitrogen and oxygen atoms in total. The van der Waals surface area contributed by atoms with Crippen LogP contribution in [0.3, 0.4) is 0 Å². The molecular formula is C20H24N6O3S2. The molecule has 1 aliphatic heterocycles. The third kappa shape index (κ3) is 4.39. The van der Waals surface area contributed by atoms with E-state index in [0.717, 1.165) is 12.0 Å². The Morgan fingerprint density at radius 1 is 1.19 bits per heavy atom. The summed E-state index contributed by atoms with van der Waals surface area (Å²) >= 11 is 1.21. The van der Waals surface area contributed by atoms with E-state index < -0.39 is 10.0 Å². The maximum Gasteiger partial charge on any atom is 0.286 e. The van der Waals surface area contributed by atoms with E-state index in [1.165, 1.54) is 15.6 Å². The fourth-order valence-corrected chi connectivity index (χ4v) is 6.44. The number of benzene rings is 1. The standard InChI is InChI=1S/C20H24N6O3S2/c1-12-6-8-16(9-7-12)21-18(27)20-25-24-19(30-20)15-5-4-10-26(11-15)31(28,29)17-13(2)22-23-14(17)3/h6-9,15H,4-5,10-11H2,1-3H3,(H,21,27)(H,22,23)/t15-/m0/s1. The minimum Gasteiger partial charge on any atom is -0.320 e. The highest BCUT2D eigenvalue weighted by atomic mass is 32.2. The van der Waals surface area contributed by atoms with Gasteiger partial charge in [0.1, 0.15) is 9.90 Å². The average molecular weight is 461 g/mol. The summed E-state index contributed by atoms with van der Waals surface area (Å²) in [7, 11) is -3.66. The van der Waals surface area contributed by atoms with Gasteiger partial charge in [0, 0.05) is 24.7 Å². The number of sulfonamides is 1. The second-order valence-electron chi connectivity index (χ2n) is 7.73. The van der Waals surface area contributed by atoms with Crippen molar-refractivity contribution in [2.24, 2.45) is 0 Å². The van der Waals surface area contributed by atoms with Crippen LogP contribution in [0.4, 0.5) is 5.69 Å². The lowest BCUT2D eigenvalue weighted by molar-refractivity contribution is 0.102. The number of H-pyrrole nitrogens is 1. The molecule has 0 bridgehead atoms. The van der Waals surface area contributed by atoms with Crippen LogP contribution in [0.25, 0.3) is 0 Å². The van der Waals surface area contributed by atoms with Crippen LogP contribution in [0.5, 0.6) is 0 Å². The Kier molecular flexibility index (Phi) is 5.91. The Morgan fingerprint density at radius 2 is 1.94 bits per heavy atom. The molecule has 1 aliphatic rings. The summed E-state index contributed by atoms with van der Waals surface area (Å²) in [4.78, 5) is 12.8. The van der Waals surface area contributed by atoms with Crippen LogP contribution in [-0.2, 0) is 10.0 Å². The van der Waals surface area contributed by atoms with Crippen molar-refractivity contribution in [2.45, 2.75) is 44.4 Å². The molecule has 164 valence electrons. The molecule has 1 fully saturated rings. The smallest absolute Gasteiger partial charge is 0.286 e. The average Bonchev–Trinajstić information content (AvgIpc) is 3.37. The van der Waals surface area contributed by atoms with Crippen LogP contribution in [0.1, 0.15) is 50.5 Å². The molecule has 0 unspecified atom stereocenters.